The standard InChI is InChI=1S/C17H29N3O3/c1-17(2,3)16-18-14(23-19-16)9-10-15(22)20(4)13-7-5-12(11-21)6-8-13/h12-13,21H,5-11H2,1-4H3. The summed E-state index contributed by atoms with van der Waals surface area (Å²) in [5.74, 6) is 1.73. The second kappa shape index (κ2) is 7.43. The van der Waals surface area contributed by atoms with Crippen LogP contribution in [0.1, 0.15) is 64.6 Å². The van der Waals surface area contributed by atoms with Gasteiger partial charge in [0.05, 0.1) is 0 Å². The molecule has 1 fully saturated rings. The van der Waals surface area contributed by atoms with Crippen molar-refractivity contribution in [2.45, 2.75) is 70.8 Å². The number of aliphatic hydroxyl groups is 1. The van der Waals surface area contributed by atoms with Gasteiger partial charge in [0.2, 0.25) is 11.8 Å². The maximum Gasteiger partial charge on any atom is 0.227 e. The van der Waals surface area contributed by atoms with E-state index >= 15 is 0 Å². The first-order valence-corrected chi connectivity index (χ1v) is 8.51. The monoisotopic (exact) mass is 323 g/mol. The highest BCUT2D eigenvalue weighted by Gasteiger charge is 2.26. The Bertz CT molecular complexity index is 513. The van der Waals surface area contributed by atoms with Crippen molar-refractivity contribution >= 4 is 5.91 Å². The van der Waals surface area contributed by atoms with Gasteiger partial charge in [-0.05, 0) is 31.6 Å². The van der Waals surface area contributed by atoms with E-state index in [0.29, 0.717) is 30.5 Å². The van der Waals surface area contributed by atoms with E-state index in [1.54, 1.807) is 0 Å². The predicted octanol–water partition coefficient (Wildman–Crippen LogP) is 2.31. The molecule has 1 aliphatic carbocycles. The first-order valence-electron chi connectivity index (χ1n) is 8.51. The Morgan fingerprint density at radius 3 is 2.48 bits per heavy atom. The number of nitrogens with zero attached hydrogens (tertiary/aromatic N) is 3. The summed E-state index contributed by atoms with van der Waals surface area (Å²) < 4.78 is 5.24. The normalized spacial score (nSPS) is 22.1. The van der Waals surface area contributed by atoms with Crippen LogP contribution >= 0.6 is 0 Å². The van der Waals surface area contributed by atoms with Crippen molar-refractivity contribution in [1.82, 2.24) is 15.0 Å². The number of carbonyl (C=O) groups excluding carboxylic acids is 1. The summed E-state index contributed by atoms with van der Waals surface area (Å²) in [5.41, 5.74) is -0.145. The van der Waals surface area contributed by atoms with E-state index in [-0.39, 0.29) is 24.0 Å². The molecule has 1 aliphatic rings. The summed E-state index contributed by atoms with van der Waals surface area (Å²) in [7, 11) is 1.88. The Balaban J connectivity index is 1.81. The van der Waals surface area contributed by atoms with Crippen LogP contribution in [0.25, 0.3) is 0 Å². The minimum atomic E-state index is -0.145. The van der Waals surface area contributed by atoms with Gasteiger partial charge in [-0.1, -0.05) is 25.9 Å². The van der Waals surface area contributed by atoms with Crippen molar-refractivity contribution in [3.63, 3.8) is 0 Å². The molecule has 1 aromatic rings. The van der Waals surface area contributed by atoms with E-state index in [4.69, 9.17) is 4.52 Å². The maximum absolute atomic E-state index is 12.4. The van der Waals surface area contributed by atoms with Crippen LogP contribution in [0.5, 0.6) is 0 Å². The zero-order valence-electron chi connectivity index (χ0n) is 14.7. The van der Waals surface area contributed by atoms with Crippen LogP contribution in [0, 0.1) is 5.92 Å². The van der Waals surface area contributed by atoms with Gasteiger partial charge >= 0.3 is 0 Å². The SMILES string of the molecule is CN(C(=O)CCc1nc(C(C)(C)C)no1)C1CCC(CO)CC1. The van der Waals surface area contributed by atoms with Crippen molar-refractivity contribution in [2.75, 3.05) is 13.7 Å². The fourth-order valence-electron chi connectivity index (χ4n) is 2.97. The molecule has 0 unspecified atom stereocenters. The van der Waals surface area contributed by atoms with Gasteiger partial charge in [-0.15, -0.1) is 0 Å². The number of hydrogen-bond acceptors (Lipinski definition) is 5. The molecule has 1 aromatic heterocycles. The third kappa shape index (κ3) is 4.77. The molecule has 0 aliphatic heterocycles. The average molecular weight is 323 g/mol. The van der Waals surface area contributed by atoms with E-state index in [1.165, 1.54) is 0 Å². The summed E-state index contributed by atoms with van der Waals surface area (Å²) in [5, 5.41) is 13.2. The van der Waals surface area contributed by atoms with Crippen molar-refractivity contribution in [3.05, 3.63) is 11.7 Å². The van der Waals surface area contributed by atoms with E-state index in [0.717, 1.165) is 25.7 Å². The molecule has 1 amide bonds. The van der Waals surface area contributed by atoms with Gasteiger partial charge in [0, 0.05) is 38.0 Å². The smallest absolute Gasteiger partial charge is 0.227 e. The Kier molecular flexibility index (Phi) is 5.79. The lowest BCUT2D eigenvalue weighted by Gasteiger charge is -2.34. The number of rotatable bonds is 5. The molecule has 6 heteroatoms. The van der Waals surface area contributed by atoms with E-state index in [9.17, 15) is 9.90 Å². The number of aromatic nitrogens is 2. The molecule has 0 spiro atoms. The van der Waals surface area contributed by atoms with E-state index in [2.05, 4.69) is 10.1 Å². The molecule has 0 aromatic carbocycles. The maximum atomic E-state index is 12.4. The largest absolute Gasteiger partial charge is 0.396 e. The van der Waals surface area contributed by atoms with E-state index in [1.807, 2.05) is 32.7 Å². The first kappa shape index (κ1) is 17.9. The number of aliphatic hydroxyl groups excluding tert-OH is 1. The Labute approximate surface area is 138 Å². The van der Waals surface area contributed by atoms with Crippen LogP contribution in [0.2, 0.25) is 0 Å². The van der Waals surface area contributed by atoms with Crippen molar-refractivity contribution in [1.29, 1.82) is 0 Å². The fraction of sp³-hybridized carbons (Fsp3) is 0.824. The third-order valence-corrected chi connectivity index (χ3v) is 4.71. The lowest BCUT2D eigenvalue weighted by molar-refractivity contribution is -0.132. The van der Waals surface area contributed by atoms with Gasteiger partial charge in [-0.25, -0.2) is 0 Å². The molecule has 23 heavy (non-hydrogen) atoms. The molecule has 1 heterocycles. The average Bonchev–Trinajstić information content (AvgIpc) is 3.01. The van der Waals surface area contributed by atoms with Gasteiger partial charge in [0.15, 0.2) is 5.82 Å². The summed E-state index contributed by atoms with van der Waals surface area (Å²) in [6.07, 6.45) is 4.82. The highest BCUT2D eigenvalue weighted by atomic mass is 16.5. The Hall–Kier alpha value is -1.43. The number of carbonyl (C=O) groups is 1. The second-order valence-electron chi connectivity index (χ2n) is 7.62. The lowest BCUT2D eigenvalue weighted by atomic mass is 9.86. The van der Waals surface area contributed by atoms with Crippen molar-refractivity contribution < 1.29 is 14.4 Å². The highest BCUT2D eigenvalue weighted by Crippen LogP contribution is 2.27. The molecule has 1 N–H and O–H groups in total. The van der Waals surface area contributed by atoms with Gasteiger partial charge in [0.1, 0.15) is 0 Å². The molecule has 0 bridgehead atoms. The quantitative estimate of drug-likeness (QED) is 0.899. The molecule has 0 atom stereocenters. The minimum Gasteiger partial charge on any atom is -0.396 e. The van der Waals surface area contributed by atoms with E-state index < -0.39 is 0 Å². The van der Waals surface area contributed by atoms with Gasteiger partial charge in [-0.2, -0.15) is 4.98 Å². The highest BCUT2D eigenvalue weighted by molar-refractivity contribution is 5.76. The summed E-state index contributed by atoms with van der Waals surface area (Å²) in [6, 6.07) is 0.290. The zero-order valence-corrected chi connectivity index (χ0v) is 14.7. The van der Waals surface area contributed by atoms with Crippen LogP contribution in [-0.4, -0.2) is 45.8 Å². The Morgan fingerprint density at radius 2 is 1.96 bits per heavy atom. The summed E-state index contributed by atoms with van der Waals surface area (Å²) >= 11 is 0. The van der Waals surface area contributed by atoms with Gasteiger partial charge in [0.25, 0.3) is 0 Å². The van der Waals surface area contributed by atoms with Gasteiger partial charge < -0.3 is 14.5 Å². The summed E-state index contributed by atoms with van der Waals surface area (Å²) in [6.45, 7) is 6.35. The number of amides is 1. The van der Waals surface area contributed by atoms with Crippen LogP contribution < -0.4 is 0 Å². The molecule has 0 radical (unpaired) electrons. The van der Waals surface area contributed by atoms with Crippen LogP contribution in [-0.2, 0) is 16.6 Å². The zero-order chi connectivity index (χ0) is 17.0. The predicted molar refractivity (Wildman–Crippen MR) is 86.9 cm³/mol. The second-order valence-corrected chi connectivity index (χ2v) is 7.62. The molecular formula is C17H29N3O3. The lowest BCUT2D eigenvalue weighted by Crippen LogP contribution is -2.40. The molecular weight excluding hydrogens is 294 g/mol. The minimum absolute atomic E-state index is 0.118. The number of aryl methyl sites for hydroxylation is 1. The summed E-state index contributed by atoms with van der Waals surface area (Å²) in [4.78, 5) is 18.6. The van der Waals surface area contributed by atoms with Crippen molar-refractivity contribution in [2.24, 2.45) is 5.92 Å². The van der Waals surface area contributed by atoms with Crippen LogP contribution in [0.3, 0.4) is 0 Å². The Morgan fingerprint density at radius 1 is 1.30 bits per heavy atom. The molecule has 130 valence electrons. The number of hydrogen-bond donors (Lipinski definition) is 1. The van der Waals surface area contributed by atoms with Crippen LogP contribution in [0.4, 0.5) is 0 Å². The molecule has 6 nitrogen and oxygen atoms in total. The first-order chi connectivity index (χ1) is 10.8. The van der Waals surface area contributed by atoms with Crippen molar-refractivity contribution in [3.8, 4) is 0 Å². The topological polar surface area (TPSA) is 79.5 Å². The fourth-order valence-corrected chi connectivity index (χ4v) is 2.97. The molecule has 1 saturated carbocycles. The molecule has 2 rings (SSSR count). The third-order valence-electron chi connectivity index (χ3n) is 4.71. The molecule has 0 saturated heterocycles. The van der Waals surface area contributed by atoms with Gasteiger partial charge in [-0.3, -0.25) is 4.79 Å². The van der Waals surface area contributed by atoms with Crippen LogP contribution in [0.15, 0.2) is 4.52 Å².